The van der Waals surface area contributed by atoms with Gasteiger partial charge in [-0.25, -0.2) is 29.4 Å². The van der Waals surface area contributed by atoms with E-state index in [1.165, 1.54) is 30.7 Å². The summed E-state index contributed by atoms with van der Waals surface area (Å²) in [6, 6.07) is 13.4. The number of aromatic nitrogens is 3. The number of carbonyl (C=O) groups is 8. The first-order valence-corrected chi connectivity index (χ1v) is 32.4. The summed E-state index contributed by atoms with van der Waals surface area (Å²) in [6.45, 7) is 33.3. The predicted octanol–water partition coefficient (Wildman–Crippen LogP) is 11.3. The van der Waals surface area contributed by atoms with Crippen molar-refractivity contribution in [2.45, 2.75) is 175 Å². The van der Waals surface area contributed by atoms with E-state index in [2.05, 4.69) is 96.7 Å². The molecule has 13 N–H and O–H groups in total. The summed E-state index contributed by atoms with van der Waals surface area (Å²) in [4.78, 5) is 96.4. The van der Waals surface area contributed by atoms with Crippen molar-refractivity contribution in [1.82, 2.24) is 25.5 Å². The van der Waals surface area contributed by atoms with Gasteiger partial charge in [-0.15, -0.1) is 29.8 Å². The minimum atomic E-state index is -3.70. The summed E-state index contributed by atoms with van der Waals surface area (Å²) in [5.41, 5.74) is 35.9. The number of rotatable bonds is 23. The van der Waals surface area contributed by atoms with Gasteiger partial charge in [0.1, 0.15) is 30.8 Å². The van der Waals surface area contributed by atoms with Gasteiger partial charge < -0.3 is 72.0 Å². The fourth-order valence-electron chi connectivity index (χ4n) is 4.60. The molecule has 582 valence electrons. The molecule has 0 aliphatic carbocycles. The summed E-state index contributed by atoms with van der Waals surface area (Å²) in [6.07, 6.45) is 6.83. The van der Waals surface area contributed by atoms with Crippen LogP contribution in [0.25, 0.3) is 16.0 Å². The maximum Gasteiger partial charge on any atom is 0.446 e. The average Bonchev–Trinajstić information content (AvgIpc) is 1.84. The van der Waals surface area contributed by atoms with E-state index < -0.39 is 78.3 Å². The highest BCUT2D eigenvalue weighted by Crippen LogP contribution is 2.47. The van der Waals surface area contributed by atoms with Crippen LogP contribution in [0.4, 0.5) is 10.5 Å². The number of aliphatic carboxylic acids is 5. The van der Waals surface area contributed by atoms with Crippen LogP contribution in [0.15, 0.2) is 65.9 Å². The Morgan fingerprint density at radius 2 is 1.16 bits per heavy atom. The minimum absolute atomic E-state index is 0. The smallest absolute Gasteiger partial charge is 0.446 e. The zero-order valence-electron chi connectivity index (χ0n) is 62.2. The number of hydrogen-bond donors (Lipinski definition) is 10. The Morgan fingerprint density at radius 3 is 1.38 bits per heavy atom. The number of benzene rings is 2. The number of aliphatic hydroxyl groups is 1. The second-order valence-corrected chi connectivity index (χ2v) is 24.9. The van der Waals surface area contributed by atoms with Gasteiger partial charge in [0.2, 0.25) is 11.7 Å². The van der Waals surface area contributed by atoms with Crippen LogP contribution in [0.5, 0.6) is 0 Å². The van der Waals surface area contributed by atoms with Crippen molar-refractivity contribution >= 4 is 89.7 Å². The van der Waals surface area contributed by atoms with E-state index in [0.717, 1.165) is 43.7 Å². The number of nitrogens with one attached hydrogen (secondary N) is 1. The molecule has 1 amide bonds. The lowest BCUT2D eigenvalue weighted by Crippen LogP contribution is -2.34. The Hall–Kier alpha value is -7.92. The number of anilines is 1. The fourth-order valence-corrected chi connectivity index (χ4v) is 5.64. The quantitative estimate of drug-likeness (QED) is 0.00485. The molecule has 36 heteroatoms. The molecule has 8 atom stereocenters. The summed E-state index contributed by atoms with van der Waals surface area (Å²) in [7, 11) is 4.89. The van der Waals surface area contributed by atoms with E-state index in [1.54, 1.807) is 79.4 Å². The van der Waals surface area contributed by atoms with Gasteiger partial charge in [0.15, 0.2) is 0 Å². The van der Waals surface area contributed by atoms with E-state index >= 15 is 0 Å². The zero-order valence-corrected chi connectivity index (χ0v) is 64.6. The van der Waals surface area contributed by atoms with E-state index in [4.69, 9.17) is 81.8 Å². The van der Waals surface area contributed by atoms with E-state index in [-0.39, 0.29) is 62.6 Å². The van der Waals surface area contributed by atoms with Crippen LogP contribution in [0, 0.1) is 59.7 Å². The molecule has 0 fully saturated rings. The first-order chi connectivity index (χ1) is 45.6. The van der Waals surface area contributed by atoms with Gasteiger partial charge >= 0.3 is 48.3 Å². The van der Waals surface area contributed by atoms with Crippen molar-refractivity contribution < 1.29 is 102 Å². The van der Waals surface area contributed by atoms with Crippen LogP contribution in [0.1, 0.15) is 161 Å². The van der Waals surface area contributed by atoms with Gasteiger partial charge in [-0.2, -0.15) is 4.79 Å². The van der Waals surface area contributed by atoms with Crippen molar-refractivity contribution in [1.29, 1.82) is 0 Å². The number of hydroxylamine groups is 3. The number of Topliss-reactive ketones (excluding diaryl/α,β-unsaturated/α-hetero) is 1. The Kier molecular flexibility index (Phi) is 76.8. The number of hydrogen-bond acceptors (Lipinski definition) is 22. The van der Waals surface area contributed by atoms with Crippen molar-refractivity contribution in [2.24, 2.45) is 63.9 Å². The van der Waals surface area contributed by atoms with Crippen LogP contribution in [0.2, 0.25) is 0 Å². The third-order valence-corrected chi connectivity index (χ3v) is 15.1. The molecule has 0 aliphatic heterocycles. The third-order valence-electron chi connectivity index (χ3n) is 13.1. The number of ketones is 1. The number of carbonyl (C=O) groups excluding carboxylic acids is 3. The topological polar surface area (TPSA) is 530 Å². The van der Waals surface area contributed by atoms with Gasteiger partial charge in [-0.1, -0.05) is 157 Å². The number of nitrogens with two attached hydrogens (primary N) is 3. The molecule has 33 nitrogen and oxygen atoms in total. The molecular formula is C65H118Cl2N13O20P. The number of aliphatic hydroxyl groups excluding tert-OH is 1. The molecule has 1 unspecified atom stereocenters. The van der Waals surface area contributed by atoms with Gasteiger partial charge in [0, 0.05) is 81.4 Å². The zero-order chi connectivity index (χ0) is 79.6. The Bertz CT molecular complexity index is 2870. The van der Waals surface area contributed by atoms with Gasteiger partial charge in [0.05, 0.1) is 32.4 Å². The number of halogens is 2. The number of ether oxygens (including phenoxy) is 1. The van der Waals surface area contributed by atoms with Crippen LogP contribution in [-0.4, -0.2) is 169 Å². The Labute approximate surface area is 608 Å². The number of nitrogen functional groups attached to an aromatic ring is 1. The fraction of sp³-hybridized carbons (Fsp3) is 0.615. The molecule has 0 saturated heterocycles. The molecule has 0 aliphatic rings. The number of carboxylic acids is 5. The highest BCUT2D eigenvalue weighted by Gasteiger charge is 2.41. The Morgan fingerprint density at radius 1 is 0.713 bits per heavy atom. The molecule has 101 heavy (non-hydrogen) atoms. The molecule has 1 heterocycles. The summed E-state index contributed by atoms with van der Waals surface area (Å²) in [5, 5.41) is 61.9. The van der Waals surface area contributed by atoms with Gasteiger partial charge in [0.25, 0.3) is 0 Å². The molecule has 0 spiro atoms. The maximum atomic E-state index is 11.4. The van der Waals surface area contributed by atoms with Crippen molar-refractivity contribution in [3.63, 3.8) is 0 Å². The second-order valence-electron chi connectivity index (χ2n) is 22.4. The van der Waals surface area contributed by atoms with Crippen LogP contribution >= 0.6 is 31.6 Å². The van der Waals surface area contributed by atoms with Gasteiger partial charge in [-0.3, -0.25) is 33.6 Å². The molecule has 0 bridgehead atoms. The first-order valence-electron chi connectivity index (χ1n) is 30.4. The molecule has 1 aromatic heterocycles. The van der Waals surface area contributed by atoms with Crippen molar-refractivity contribution in [3.8, 4) is 12.3 Å². The van der Waals surface area contributed by atoms with Gasteiger partial charge in [-0.05, 0) is 79.2 Å². The number of nitrogens with zero attached hydrogens (tertiary/aromatic N) is 9. The largest absolute Gasteiger partial charge is 0.481 e. The van der Waals surface area contributed by atoms with Crippen molar-refractivity contribution in [3.05, 3.63) is 93.6 Å². The molecule has 0 saturated carbocycles. The molecule has 3 aromatic rings. The summed E-state index contributed by atoms with van der Waals surface area (Å²) >= 11 is 4.97. The monoisotopic (exact) mass is 1500 g/mol. The van der Waals surface area contributed by atoms with Crippen LogP contribution < -0.4 is 22.7 Å². The van der Waals surface area contributed by atoms with E-state index in [1.807, 2.05) is 65.0 Å². The molecular weight excluding hydrogens is 1380 g/mol. The summed E-state index contributed by atoms with van der Waals surface area (Å²) in [5.74, 6) is -0.318. The van der Waals surface area contributed by atoms with Crippen LogP contribution in [-0.2, 0) is 74.8 Å². The SMILES string of the molecule is C.C#C[C@@H](C)C(C)C.CC(C)C(C)c1cn([C@@H](C)C(=O)O)nn1.CC(C)[C@H](C)C(=O)O.CC(C)[C@H](N)C(=O)O.CNOC.CON(C)C(=O)[C@@H](C)C(C)C.COP(=O)(OC)C(=[N+]=[N-])C(C)=O.C[C@H](N)C(=O)O.C[C@H](N=[N+]=[N-])C(=O)O.Cl.Nc1ccc(CO)cc1.O=C(Cl)OCc1ccccc1. The van der Waals surface area contributed by atoms with Crippen molar-refractivity contribution in [2.75, 3.05) is 48.3 Å². The van der Waals surface area contributed by atoms with E-state index in [9.17, 15) is 42.9 Å². The average molecular weight is 1500 g/mol. The number of terminal acetylenes is 1. The number of amides is 1. The highest BCUT2D eigenvalue weighted by molar-refractivity contribution is 7.74. The first kappa shape index (κ1) is 114. The molecule has 2 aromatic carbocycles. The number of carboxylic acid groups (broad SMARTS) is 5. The molecule has 0 radical (unpaired) electrons. The normalized spacial score (nSPS) is 12.0. The Balaban J connectivity index is -0.000000114. The third kappa shape index (κ3) is 64.0. The lowest BCUT2D eigenvalue weighted by atomic mass is 9.95. The highest BCUT2D eigenvalue weighted by atomic mass is 35.5. The second kappa shape index (κ2) is 67.9. The standard InChI is InChI=1S/C10H17N3O2.C8H7ClO2.C8H17NO2.C7H9NO.C7H12.C6H12O2.C5H9N2O4P.C5H11NO2.C3H5N3O2.C3H7NO2.C2H7NO.CH4.ClH/c1-6(2)7(3)9-5-13(12-11-9)8(4)10(14)15;9-8(10)11-6-7-4-2-1-3-5-7;1-6(2)7(3)8(10)9(4)11-5;8-7-3-1-6(5-9)2-4-7;1-5-7(4)6(2)3;1-4(2)5(3)6(7)8;1-4(8)5(7-6)12(9,10-2)11-3;1-3(2)4(6)5(7)8;1-2(3(7)8)5-6-4;1-2(4)3(5)6;1-3-4-2;;/h5-8H,1-4H3,(H,14,15);1-5H,6H2;6-7H,1-5H3;1-4,9H,5,8H2;1,6-7H,2-4H3;4-5H,1-3H3,(H,7,8);1-3H3;3-4H,6H2,1-2H3,(H,7,8);2H,1H3,(H,7,8);2H,4H2,1H3,(H,5,6);3H,1-2H3;1H4;1H/t7?,8-;;7-;;7-;5-;;4-;2*2-;;;/m0.0.10.000.../s1. The lowest BCUT2D eigenvalue weighted by Gasteiger charge is -2.20. The summed E-state index contributed by atoms with van der Waals surface area (Å²) < 4.78 is 26.2. The predicted molar refractivity (Wildman–Crippen MR) is 392 cm³/mol. The lowest BCUT2D eigenvalue weighted by molar-refractivity contribution is -0.174. The minimum Gasteiger partial charge on any atom is -0.481 e. The number of azide groups is 1. The van der Waals surface area contributed by atoms with E-state index in [0.29, 0.717) is 29.6 Å². The maximum absolute atomic E-state index is 11.4. The molecule has 3 rings (SSSR count). The van der Waals surface area contributed by atoms with Crippen LogP contribution in [0.3, 0.4) is 0 Å².